The fourth-order valence-electron chi connectivity index (χ4n) is 3.12. The third-order valence-electron chi connectivity index (χ3n) is 4.57. The zero-order valence-electron chi connectivity index (χ0n) is 15.4. The SMILES string of the molecule is COc1cc2c(cc1OC)CN(C(=O)COc1ccccc1C(N)=O)CC2. The van der Waals surface area contributed by atoms with Crippen LogP contribution in [0.5, 0.6) is 17.2 Å². The smallest absolute Gasteiger partial charge is 0.260 e. The van der Waals surface area contributed by atoms with E-state index >= 15 is 0 Å². The summed E-state index contributed by atoms with van der Waals surface area (Å²) in [6.45, 7) is 0.893. The predicted octanol–water partition coefficient (Wildman–Crippen LogP) is 1.77. The third-order valence-corrected chi connectivity index (χ3v) is 4.57. The number of hydrogen-bond donors (Lipinski definition) is 1. The highest BCUT2D eigenvalue weighted by Crippen LogP contribution is 2.33. The van der Waals surface area contributed by atoms with E-state index in [2.05, 4.69) is 0 Å². The van der Waals surface area contributed by atoms with Crippen molar-refractivity contribution in [2.24, 2.45) is 5.73 Å². The minimum Gasteiger partial charge on any atom is -0.493 e. The molecule has 2 aromatic carbocycles. The Kier molecular flexibility index (Phi) is 5.49. The number of carbonyl (C=O) groups is 2. The molecule has 0 aliphatic carbocycles. The Morgan fingerprint density at radius 1 is 1.04 bits per heavy atom. The molecule has 27 heavy (non-hydrogen) atoms. The normalized spacial score (nSPS) is 12.9. The second-order valence-electron chi connectivity index (χ2n) is 6.19. The highest BCUT2D eigenvalue weighted by Gasteiger charge is 2.23. The number of hydrogen-bond acceptors (Lipinski definition) is 5. The average Bonchev–Trinajstić information content (AvgIpc) is 2.70. The zero-order chi connectivity index (χ0) is 19.4. The van der Waals surface area contributed by atoms with Crippen molar-refractivity contribution in [2.45, 2.75) is 13.0 Å². The number of rotatable bonds is 6. The van der Waals surface area contributed by atoms with Gasteiger partial charge in [0, 0.05) is 13.1 Å². The van der Waals surface area contributed by atoms with Crippen LogP contribution in [0.2, 0.25) is 0 Å². The van der Waals surface area contributed by atoms with Gasteiger partial charge in [0.05, 0.1) is 19.8 Å². The van der Waals surface area contributed by atoms with Gasteiger partial charge in [-0.25, -0.2) is 0 Å². The molecule has 142 valence electrons. The fraction of sp³-hybridized carbons (Fsp3) is 0.300. The van der Waals surface area contributed by atoms with Gasteiger partial charge in [-0.1, -0.05) is 12.1 Å². The summed E-state index contributed by atoms with van der Waals surface area (Å²) < 4.78 is 16.2. The van der Waals surface area contributed by atoms with E-state index in [1.807, 2.05) is 12.1 Å². The highest BCUT2D eigenvalue weighted by atomic mass is 16.5. The standard InChI is InChI=1S/C20H22N2O5/c1-25-17-9-13-7-8-22(11-14(13)10-18(17)26-2)19(23)12-27-16-6-4-3-5-15(16)20(21)24/h3-6,9-10H,7-8,11-12H2,1-2H3,(H2,21,24). The summed E-state index contributed by atoms with van der Waals surface area (Å²) in [5, 5.41) is 0. The van der Waals surface area contributed by atoms with E-state index in [4.69, 9.17) is 19.9 Å². The lowest BCUT2D eigenvalue weighted by Gasteiger charge is -2.29. The van der Waals surface area contributed by atoms with Crippen molar-refractivity contribution in [3.63, 3.8) is 0 Å². The molecule has 1 aliphatic rings. The van der Waals surface area contributed by atoms with Gasteiger partial charge in [-0.15, -0.1) is 0 Å². The molecule has 2 amide bonds. The molecule has 0 bridgehead atoms. The van der Waals surface area contributed by atoms with Crippen LogP contribution in [0.25, 0.3) is 0 Å². The molecular formula is C20H22N2O5. The maximum absolute atomic E-state index is 12.6. The van der Waals surface area contributed by atoms with Gasteiger partial charge in [0.15, 0.2) is 18.1 Å². The summed E-state index contributed by atoms with van der Waals surface area (Å²) in [4.78, 5) is 25.7. The molecule has 3 rings (SSSR count). The van der Waals surface area contributed by atoms with Crippen LogP contribution >= 0.6 is 0 Å². The molecule has 2 aromatic rings. The molecule has 0 saturated carbocycles. The second kappa shape index (κ2) is 7.99. The Bertz CT molecular complexity index is 865. The molecule has 0 aromatic heterocycles. The first kappa shape index (κ1) is 18.6. The molecule has 1 aliphatic heterocycles. The van der Waals surface area contributed by atoms with Crippen LogP contribution in [0.1, 0.15) is 21.5 Å². The number of carbonyl (C=O) groups excluding carboxylic acids is 2. The second-order valence-corrected chi connectivity index (χ2v) is 6.19. The number of para-hydroxylation sites is 1. The van der Waals surface area contributed by atoms with Crippen LogP contribution < -0.4 is 19.9 Å². The predicted molar refractivity (Wildman–Crippen MR) is 99.1 cm³/mol. The monoisotopic (exact) mass is 370 g/mol. The third kappa shape index (κ3) is 3.97. The van der Waals surface area contributed by atoms with Gasteiger partial charge in [-0.2, -0.15) is 0 Å². The van der Waals surface area contributed by atoms with Crippen LogP contribution in [0.4, 0.5) is 0 Å². The lowest BCUT2D eigenvalue weighted by atomic mass is 9.99. The van der Waals surface area contributed by atoms with Gasteiger partial charge in [-0.05, 0) is 41.8 Å². The minimum atomic E-state index is -0.592. The molecular weight excluding hydrogens is 348 g/mol. The van der Waals surface area contributed by atoms with Crippen LogP contribution in [-0.2, 0) is 17.8 Å². The number of nitrogens with two attached hydrogens (primary N) is 1. The molecule has 0 saturated heterocycles. The zero-order valence-corrected chi connectivity index (χ0v) is 15.4. The van der Waals surface area contributed by atoms with Crippen LogP contribution in [0, 0.1) is 0 Å². The first-order chi connectivity index (χ1) is 13.0. The van der Waals surface area contributed by atoms with Gasteiger partial charge < -0.3 is 24.8 Å². The van der Waals surface area contributed by atoms with Gasteiger partial charge in [0.2, 0.25) is 0 Å². The van der Waals surface area contributed by atoms with Crippen molar-refractivity contribution in [1.29, 1.82) is 0 Å². The molecule has 0 atom stereocenters. The summed E-state index contributed by atoms with van der Waals surface area (Å²) >= 11 is 0. The topological polar surface area (TPSA) is 91.1 Å². The van der Waals surface area contributed by atoms with Crippen molar-refractivity contribution in [1.82, 2.24) is 4.90 Å². The average molecular weight is 370 g/mol. The fourth-order valence-corrected chi connectivity index (χ4v) is 3.12. The number of nitrogens with zero attached hydrogens (tertiary/aromatic N) is 1. The highest BCUT2D eigenvalue weighted by molar-refractivity contribution is 5.95. The van der Waals surface area contributed by atoms with E-state index in [0.717, 1.165) is 17.5 Å². The van der Waals surface area contributed by atoms with E-state index in [-0.39, 0.29) is 18.1 Å². The summed E-state index contributed by atoms with van der Waals surface area (Å²) in [7, 11) is 3.18. The molecule has 2 N–H and O–H groups in total. The number of methoxy groups -OCH3 is 2. The van der Waals surface area contributed by atoms with Crippen molar-refractivity contribution >= 4 is 11.8 Å². The van der Waals surface area contributed by atoms with E-state index in [0.29, 0.717) is 30.3 Å². The Labute approximate surface area is 157 Å². The van der Waals surface area contributed by atoms with Gasteiger partial charge >= 0.3 is 0 Å². The number of benzene rings is 2. The van der Waals surface area contributed by atoms with Gasteiger partial charge in [0.1, 0.15) is 5.75 Å². The summed E-state index contributed by atoms with van der Waals surface area (Å²) in [5.74, 6) is 0.877. The Morgan fingerprint density at radius 2 is 1.70 bits per heavy atom. The van der Waals surface area contributed by atoms with Crippen LogP contribution in [-0.4, -0.2) is 44.1 Å². The van der Waals surface area contributed by atoms with E-state index < -0.39 is 5.91 Å². The number of fused-ring (bicyclic) bond motifs is 1. The first-order valence-electron chi connectivity index (χ1n) is 8.56. The quantitative estimate of drug-likeness (QED) is 0.837. The van der Waals surface area contributed by atoms with E-state index in [9.17, 15) is 9.59 Å². The number of ether oxygens (including phenoxy) is 3. The summed E-state index contributed by atoms with van der Waals surface area (Å²) in [6, 6.07) is 10.5. The molecule has 7 nitrogen and oxygen atoms in total. The van der Waals surface area contributed by atoms with Crippen LogP contribution in [0.15, 0.2) is 36.4 Å². The maximum Gasteiger partial charge on any atom is 0.260 e. The largest absolute Gasteiger partial charge is 0.493 e. The first-order valence-corrected chi connectivity index (χ1v) is 8.56. The summed E-state index contributed by atoms with van der Waals surface area (Å²) in [5.41, 5.74) is 7.74. The Morgan fingerprint density at radius 3 is 2.37 bits per heavy atom. The number of amides is 2. The molecule has 7 heteroatoms. The van der Waals surface area contributed by atoms with E-state index in [1.165, 1.54) is 0 Å². The number of primary amides is 1. The maximum atomic E-state index is 12.6. The van der Waals surface area contributed by atoms with E-state index in [1.54, 1.807) is 43.4 Å². The Hall–Kier alpha value is -3.22. The van der Waals surface area contributed by atoms with Crippen molar-refractivity contribution in [2.75, 3.05) is 27.4 Å². The molecule has 0 unspecified atom stereocenters. The molecule has 0 spiro atoms. The van der Waals surface area contributed by atoms with Gasteiger partial charge in [-0.3, -0.25) is 9.59 Å². The van der Waals surface area contributed by atoms with Crippen molar-refractivity contribution in [3.05, 3.63) is 53.1 Å². The minimum absolute atomic E-state index is 0.158. The van der Waals surface area contributed by atoms with Crippen molar-refractivity contribution < 1.29 is 23.8 Å². The Balaban J connectivity index is 1.69. The van der Waals surface area contributed by atoms with Crippen molar-refractivity contribution in [3.8, 4) is 17.2 Å². The lowest BCUT2D eigenvalue weighted by Crippen LogP contribution is -2.39. The molecule has 0 fully saturated rings. The van der Waals surface area contributed by atoms with Gasteiger partial charge in [0.25, 0.3) is 11.8 Å². The lowest BCUT2D eigenvalue weighted by molar-refractivity contribution is -0.134. The van der Waals surface area contributed by atoms with Crippen LogP contribution in [0.3, 0.4) is 0 Å². The molecule has 0 radical (unpaired) electrons. The molecule has 1 heterocycles. The summed E-state index contributed by atoms with van der Waals surface area (Å²) in [6.07, 6.45) is 0.722.